The smallest absolute Gasteiger partial charge is 0.240 e. The normalized spacial score (nSPS) is 34.6. The molecule has 18 heavy (non-hydrogen) atoms. The van der Waals surface area contributed by atoms with E-state index in [-0.39, 0.29) is 24.2 Å². The average Bonchev–Trinajstić information content (AvgIpc) is 2.57. The van der Waals surface area contributed by atoms with Gasteiger partial charge in [0.15, 0.2) is 0 Å². The maximum Gasteiger partial charge on any atom is 0.240 e. The standard InChI is InChI=1S/C13H25N3O2/c1-9(2)12-14-10(3)13(17)16(12)8-11-7-15(4)5-6-18-11/h9-12,14H,5-8H2,1-4H3. The SMILES string of the molecule is CC1NC(C(C)C)N(CC2CN(C)CCO2)C1=O. The summed E-state index contributed by atoms with van der Waals surface area (Å²) in [6, 6.07) is -0.0706. The molecule has 0 aliphatic carbocycles. The second-order valence-electron chi connectivity index (χ2n) is 5.82. The summed E-state index contributed by atoms with van der Waals surface area (Å²) < 4.78 is 5.76. The number of carbonyl (C=O) groups excluding carboxylic acids is 1. The Bertz CT molecular complexity index is 309. The van der Waals surface area contributed by atoms with Gasteiger partial charge >= 0.3 is 0 Å². The Morgan fingerprint density at radius 2 is 2.22 bits per heavy atom. The zero-order chi connectivity index (χ0) is 13.3. The minimum atomic E-state index is -0.0706. The number of likely N-dealkylation sites (N-methyl/N-ethyl adjacent to an activating group) is 1. The summed E-state index contributed by atoms with van der Waals surface area (Å²) in [5.41, 5.74) is 0. The number of rotatable bonds is 3. The van der Waals surface area contributed by atoms with Gasteiger partial charge in [0.25, 0.3) is 0 Å². The Morgan fingerprint density at radius 1 is 1.50 bits per heavy atom. The van der Waals surface area contributed by atoms with Crippen molar-refractivity contribution in [2.45, 2.75) is 39.1 Å². The molecule has 0 aromatic heterocycles. The van der Waals surface area contributed by atoms with E-state index in [9.17, 15) is 4.79 Å². The van der Waals surface area contributed by atoms with Crippen molar-refractivity contribution in [1.29, 1.82) is 0 Å². The Morgan fingerprint density at radius 3 is 2.83 bits per heavy atom. The van der Waals surface area contributed by atoms with Crippen molar-refractivity contribution < 1.29 is 9.53 Å². The first-order valence-corrected chi connectivity index (χ1v) is 6.85. The van der Waals surface area contributed by atoms with Crippen LogP contribution in [0.25, 0.3) is 0 Å². The van der Waals surface area contributed by atoms with E-state index in [0.717, 1.165) is 19.7 Å². The maximum atomic E-state index is 12.2. The van der Waals surface area contributed by atoms with Crippen molar-refractivity contribution in [3.05, 3.63) is 0 Å². The van der Waals surface area contributed by atoms with E-state index >= 15 is 0 Å². The fourth-order valence-electron chi connectivity index (χ4n) is 2.76. The summed E-state index contributed by atoms with van der Waals surface area (Å²) in [6.45, 7) is 9.57. The van der Waals surface area contributed by atoms with Gasteiger partial charge in [0.05, 0.1) is 24.9 Å². The predicted octanol–water partition coefficient (Wildman–Crippen LogP) is 0.119. The molecular weight excluding hydrogens is 230 g/mol. The van der Waals surface area contributed by atoms with Crippen molar-refractivity contribution in [2.75, 3.05) is 33.3 Å². The molecule has 2 rings (SSSR count). The van der Waals surface area contributed by atoms with Gasteiger partial charge in [0.2, 0.25) is 5.91 Å². The summed E-state index contributed by atoms with van der Waals surface area (Å²) in [5.74, 6) is 0.616. The lowest BCUT2D eigenvalue weighted by molar-refractivity contribution is -0.133. The summed E-state index contributed by atoms with van der Waals surface area (Å²) >= 11 is 0. The van der Waals surface area contributed by atoms with Crippen molar-refractivity contribution in [3.8, 4) is 0 Å². The van der Waals surface area contributed by atoms with E-state index in [0.29, 0.717) is 12.5 Å². The van der Waals surface area contributed by atoms with Crippen LogP contribution in [0.3, 0.4) is 0 Å². The number of nitrogens with zero attached hydrogens (tertiary/aromatic N) is 2. The molecule has 5 heteroatoms. The van der Waals surface area contributed by atoms with Crippen LogP contribution in [0.1, 0.15) is 20.8 Å². The number of morpholine rings is 1. The van der Waals surface area contributed by atoms with Gasteiger partial charge in [0.1, 0.15) is 0 Å². The molecule has 0 aromatic rings. The lowest BCUT2D eigenvalue weighted by Gasteiger charge is -2.35. The van der Waals surface area contributed by atoms with Crippen molar-refractivity contribution in [3.63, 3.8) is 0 Å². The molecule has 1 amide bonds. The minimum absolute atomic E-state index is 0.0706. The molecule has 0 aromatic carbocycles. The van der Waals surface area contributed by atoms with Gasteiger partial charge in [-0.05, 0) is 19.9 Å². The van der Waals surface area contributed by atoms with E-state index in [1.807, 2.05) is 11.8 Å². The van der Waals surface area contributed by atoms with Crippen LogP contribution in [0.15, 0.2) is 0 Å². The first kappa shape index (κ1) is 13.8. The van der Waals surface area contributed by atoms with E-state index in [2.05, 4.69) is 31.1 Å². The van der Waals surface area contributed by atoms with Crippen molar-refractivity contribution in [1.82, 2.24) is 15.1 Å². The molecular formula is C13H25N3O2. The van der Waals surface area contributed by atoms with Crippen LogP contribution >= 0.6 is 0 Å². The molecule has 5 nitrogen and oxygen atoms in total. The van der Waals surface area contributed by atoms with E-state index in [1.165, 1.54) is 0 Å². The van der Waals surface area contributed by atoms with Crippen LogP contribution in [0.5, 0.6) is 0 Å². The summed E-state index contributed by atoms with van der Waals surface area (Å²) in [4.78, 5) is 16.4. The summed E-state index contributed by atoms with van der Waals surface area (Å²) in [7, 11) is 2.10. The molecule has 2 heterocycles. The molecule has 3 unspecified atom stereocenters. The third kappa shape index (κ3) is 2.84. The van der Waals surface area contributed by atoms with Gasteiger partial charge in [-0.1, -0.05) is 13.8 Å². The van der Waals surface area contributed by atoms with Crippen molar-refractivity contribution in [2.24, 2.45) is 5.92 Å². The van der Waals surface area contributed by atoms with Gasteiger partial charge in [-0.3, -0.25) is 10.1 Å². The quantitative estimate of drug-likeness (QED) is 0.778. The molecule has 0 radical (unpaired) electrons. The molecule has 104 valence electrons. The number of ether oxygens (including phenoxy) is 1. The number of hydrogen-bond donors (Lipinski definition) is 1. The third-order valence-electron chi connectivity index (χ3n) is 3.78. The highest BCUT2D eigenvalue weighted by Crippen LogP contribution is 2.19. The highest BCUT2D eigenvalue weighted by Gasteiger charge is 2.39. The lowest BCUT2D eigenvalue weighted by atomic mass is 10.1. The van der Waals surface area contributed by atoms with Crippen LogP contribution in [0.2, 0.25) is 0 Å². The molecule has 1 N–H and O–H groups in total. The van der Waals surface area contributed by atoms with Crippen LogP contribution in [-0.4, -0.2) is 67.3 Å². The number of amides is 1. The summed E-state index contributed by atoms with van der Waals surface area (Å²) in [5, 5.41) is 3.36. The summed E-state index contributed by atoms with van der Waals surface area (Å²) in [6.07, 6.45) is 0.282. The monoisotopic (exact) mass is 255 g/mol. The molecule has 0 bridgehead atoms. The predicted molar refractivity (Wildman–Crippen MR) is 70.2 cm³/mol. The van der Waals surface area contributed by atoms with E-state index < -0.39 is 0 Å². The Balaban J connectivity index is 1.99. The number of carbonyl (C=O) groups is 1. The average molecular weight is 255 g/mol. The Hall–Kier alpha value is -0.650. The fourth-order valence-corrected chi connectivity index (χ4v) is 2.76. The zero-order valence-electron chi connectivity index (χ0n) is 11.8. The van der Waals surface area contributed by atoms with E-state index in [4.69, 9.17) is 4.74 Å². The van der Waals surface area contributed by atoms with Gasteiger partial charge in [-0.15, -0.1) is 0 Å². The second kappa shape index (κ2) is 5.55. The largest absolute Gasteiger partial charge is 0.374 e. The molecule has 2 aliphatic heterocycles. The molecule has 0 saturated carbocycles. The van der Waals surface area contributed by atoms with Crippen LogP contribution in [0, 0.1) is 5.92 Å². The van der Waals surface area contributed by atoms with E-state index in [1.54, 1.807) is 0 Å². The number of nitrogens with one attached hydrogen (secondary N) is 1. The fraction of sp³-hybridized carbons (Fsp3) is 0.923. The van der Waals surface area contributed by atoms with Crippen LogP contribution in [0.4, 0.5) is 0 Å². The van der Waals surface area contributed by atoms with Crippen LogP contribution < -0.4 is 5.32 Å². The molecule has 0 spiro atoms. The lowest BCUT2D eigenvalue weighted by Crippen LogP contribution is -2.50. The molecule has 3 atom stereocenters. The van der Waals surface area contributed by atoms with Gasteiger partial charge < -0.3 is 14.5 Å². The minimum Gasteiger partial charge on any atom is -0.374 e. The van der Waals surface area contributed by atoms with Gasteiger partial charge in [0, 0.05) is 19.6 Å². The first-order valence-electron chi connectivity index (χ1n) is 6.85. The van der Waals surface area contributed by atoms with Gasteiger partial charge in [-0.2, -0.15) is 0 Å². The maximum absolute atomic E-state index is 12.2. The first-order chi connectivity index (χ1) is 8.49. The topological polar surface area (TPSA) is 44.8 Å². The Kier molecular flexibility index (Phi) is 4.25. The Labute approximate surface area is 109 Å². The number of hydrogen-bond acceptors (Lipinski definition) is 4. The molecule has 2 fully saturated rings. The highest BCUT2D eigenvalue weighted by atomic mass is 16.5. The van der Waals surface area contributed by atoms with Crippen molar-refractivity contribution >= 4 is 5.91 Å². The second-order valence-corrected chi connectivity index (χ2v) is 5.82. The van der Waals surface area contributed by atoms with Gasteiger partial charge in [-0.25, -0.2) is 0 Å². The highest BCUT2D eigenvalue weighted by molar-refractivity contribution is 5.84. The third-order valence-corrected chi connectivity index (χ3v) is 3.78. The molecule has 2 aliphatic rings. The van der Waals surface area contributed by atoms with Crippen LogP contribution in [-0.2, 0) is 9.53 Å². The molecule has 2 saturated heterocycles. The zero-order valence-corrected chi connectivity index (χ0v) is 11.8.